The van der Waals surface area contributed by atoms with Gasteiger partial charge < -0.3 is 22.9 Å². The normalized spacial score (nSPS) is 29.8. The van der Waals surface area contributed by atoms with Crippen molar-refractivity contribution in [3.63, 3.8) is 0 Å². The zero-order valence-electron chi connectivity index (χ0n) is 16.2. The molecular weight excluding hydrogens is 386 g/mol. The van der Waals surface area contributed by atoms with Crippen LogP contribution in [0.2, 0.25) is 0 Å². The summed E-state index contributed by atoms with van der Waals surface area (Å²) < 4.78 is 83.1. The minimum absolute atomic E-state index is 0.122. The second-order valence-corrected chi connectivity index (χ2v) is 8.02. The maximum atomic E-state index is 13.9. The monoisotopic (exact) mass is 420 g/mol. The molecule has 0 saturated heterocycles. The van der Waals surface area contributed by atoms with E-state index in [1.54, 1.807) is 0 Å². The van der Waals surface area contributed by atoms with E-state index < -0.39 is 29.6 Å². The molecule has 4 nitrogen and oxygen atoms in total. The van der Waals surface area contributed by atoms with Gasteiger partial charge in [0.25, 0.3) is 0 Å². The summed E-state index contributed by atoms with van der Waals surface area (Å²) >= 11 is 0. The predicted octanol–water partition coefficient (Wildman–Crippen LogP) is 3.43. The summed E-state index contributed by atoms with van der Waals surface area (Å²) in [5, 5.41) is 0. The number of rotatable bonds is 4. The Morgan fingerprint density at radius 2 is 0.857 bits per heavy atom. The van der Waals surface area contributed by atoms with Gasteiger partial charge in [-0.05, 0) is 82.7 Å². The van der Waals surface area contributed by atoms with Crippen LogP contribution in [0.5, 0.6) is 0 Å². The number of nitrogens with two attached hydrogens (primary N) is 4. The molecule has 0 bridgehead atoms. The lowest BCUT2D eigenvalue weighted by Gasteiger charge is -2.51. The highest BCUT2D eigenvalue weighted by Gasteiger charge is 2.76. The third-order valence-electron chi connectivity index (χ3n) is 6.18. The van der Waals surface area contributed by atoms with Crippen molar-refractivity contribution in [1.82, 2.24) is 0 Å². The summed E-state index contributed by atoms with van der Waals surface area (Å²) in [4.78, 5) is 0. The average molecular weight is 420 g/mol. The maximum Gasteiger partial charge on any atom is 0.403 e. The van der Waals surface area contributed by atoms with Crippen LogP contribution >= 0.6 is 0 Å². The molecule has 0 aromatic heterocycles. The minimum atomic E-state index is -5.32. The van der Waals surface area contributed by atoms with Gasteiger partial charge in [-0.15, -0.1) is 0 Å². The average Bonchev–Trinajstić information content (AvgIpc) is 2.57. The van der Waals surface area contributed by atoms with Crippen LogP contribution < -0.4 is 22.9 Å². The van der Waals surface area contributed by atoms with E-state index in [-0.39, 0.29) is 63.5 Å². The second-order valence-electron chi connectivity index (χ2n) is 8.02. The van der Waals surface area contributed by atoms with Gasteiger partial charge in [-0.1, -0.05) is 0 Å². The maximum absolute atomic E-state index is 13.9. The number of halogens is 6. The first-order chi connectivity index (χ1) is 12.9. The molecule has 28 heavy (non-hydrogen) atoms. The van der Waals surface area contributed by atoms with Gasteiger partial charge in [0.05, 0.1) is 0 Å². The van der Waals surface area contributed by atoms with Crippen molar-refractivity contribution in [2.24, 2.45) is 40.2 Å². The third kappa shape index (κ3) is 5.73. The van der Waals surface area contributed by atoms with Crippen LogP contribution in [0.3, 0.4) is 0 Å². The van der Waals surface area contributed by atoms with Crippen LogP contribution in [0, 0.1) is 17.3 Å². The fourth-order valence-corrected chi connectivity index (χ4v) is 4.69. The Bertz CT molecular complexity index is 398. The van der Waals surface area contributed by atoms with Crippen molar-refractivity contribution in [1.29, 1.82) is 0 Å². The van der Waals surface area contributed by atoms with Crippen LogP contribution in [0.1, 0.15) is 57.8 Å². The van der Waals surface area contributed by atoms with Crippen LogP contribution in [0.25, 0.3) is 0 Å². The Kier molecular flexibility index (Phi) is 9.50. The van der Waals surface area contributed by atoms with E-state index in [4.69, 9.17) is 22.9 Å². The zero-order chi connectivity index (χ0) is 21.6. The van der Waals surface area contributed by atoms with E-state index in [1.165, 1.54) is 0 Å². The standard InChI is InChI=1S/C15H24F6N2.C3H10N2/c16-14(17,18)13(15(19,20)21,9-1-5-11(22)6-2-9)10-3-7-12(23)8-4-10;4-2-1-3-5/h9-12H,1-8,22-23H2;1-5H2. The number of hydrogen-bond donors (Lipinski definition) is 4. The Morgan fingerprint density at radius 3 is 1.04 bits per heavy atom. The SMILES string of the molecule is NC1CCC(C(C2CCC(N)CC2)(C(F)(F)F)C(F)(F)F)CC1.NCCCN. The lowest BCUT2D eigenvalue weighted by molar-refractivity contribution is -0.381. The van der Waals surface area contributed by atoms with E-state index in [9.17, 15) is 26.3 Å². The van der Waals surface area contributed by atoms with Gasteiger partial charge in [0.1, 0.15) is 0 Å². The van der Waals surface area contributed by atoms with Gasteiger partial charge in [0.2, 0.25) is 0 Å². The molecule has 0 aliphatic heterocycles. The van der Waals surface area contributed by atoms with Crippen LogP contribution in [-0.4, -0.2) is 37.5 Å². The highest BCUT2D eigenvalue weighted by atomic mass is 19.4. The summed E-state index contributed by atoms with van der Waals surface area (Å²) in [7, 11) is 0. The van der Waals surface area contributed by atoms with Gasteiger partial charge in [-0.25, -0.2) is 0 Å². The molecule has 2 aliphatic carbocycles. The quantitative estimate of drug-likeness (QED) is 0.523. The molecule has 0 aromatic carbocycles. The molecule has 168 valence electrons. The molecule has 2 fully saturated rings. The van der Waals surface area contributed by atoms with Crippen molar-refractivity contribution >= 4 is 0 Å². The molecule has 0 unspecified atom stereocenters. The van der Waals surface area contributed by atoms with E-state index in [1.807, 2.05) is 0 Å². The Morgan fingerprint density at radius 1 is 0.571 bits per heavy atom. The van der Waals surface area contributed by atoms with E-state index >= 15 is 0 Å². The smallest absolute Gasteiger partial charge is 0.330 e. The van der Waals surface area contributed by atoms with Gasteiger partial charge in [0, 0.05) is 12.1 Å². The second kappa shape index (κ2) is 10.4. The molecule has 10 heteroatoms. The van der Waals surface area contributed by atoms with Crippen molar-refractivity contribution in [2.45, 2.75) is 82.2 Å². The highest BCUT2D eigenvalue weighted by molar-refractivity contribution is 5.05. The lowest BCUT2D eigenvalue weighted by Crippen LogP contribution is -2.61. The van der Waals surface area contributed by atoms with Gasteiger partial charge in [-0.2, -0.15) is 26.3 Å². The molecule has 0 aromatic rings. The molecular formula is C18H34F6N4. The van der Waals surface area contributed by atoms with Crippen LogP contribution in [0.4, 0.5) is 26.3 Å². The van der Waals surface area contributed by atoms with Gasteiger partial charge in [0.15, 0.2) is 5.41 Å². The Hall–Kier alpha value is -0.580. The Balaban J connectivity index is 0.000000696. The molecule has 2 saturated carbocycles. The van der Waals surface area contributed by atoms with Gasteiger partial charge >= 0.3 is 12.4 Å². The summed E-state index contributed by atoms with van der Waals surface area (Å²) in [6.45, 7) is 1.44. The predicted molar refractivity (Wildman–Crippen MR) is 97.1 cm³/mol. The highest BCUT2D eigenvalue weighted by Crippen LogP contribution is 2.64. The molecule has 0 radical (unpaired) electrons. The molecule has 0 spiro atoms. The molecule has 8 N–H and O–H groups in total. The first kappa shape index (κ1) is 25.5. The van der Waals surface area contributed by atoms with Crippen molar-refractivity contribution in [3.8, 4) is 0 Å². The molecule has 0 atom stereocenters. The summed E-state index contributed by atoms with van der Waals surface area (Å²) in [5.41, 5.74) is 17.8. The van der Waals surface area contributed by atoms with Crippen molar-refractivity contribution < 1.29 is 26.3 Å². The summed E-state index contributed by atoms with van der Waals surface area (Å²) in [6, 6.07) is -0.601. The summed E-state index contributed by atoms with van der Waals surface area (Å²) in [6.07, 6.45) is -9.32. The van der Waals surface area contributed by atoms with Crippen LogP contribution in [0.15, 0.2) is 0 Å². The van der Waals surface area contributed by atoms with Gasteiger partial charge in [-0.3, -0.25) is 0 Å². The van der Waals surface area contributed by atoms with E-state index in [2.05, 4.69) is 0 Å². The number of hydrogen-bond acceptors (Lipinski definition) is 4. The number of alkyl halides is 6. The first-order valence-electron chi connectivity index (χ1n) is 9.96. The van der Waals surface area contributed by atoms with Crippen molar-refractivity contribution in [2.75, 3.05) is 13.1 Å². The molecule has 2 rings (SSSR count). The van der Waals surface area contributed by atoms with E-state index in [0.29, 0.717) is 0 Å². The fraction of sp³-hybridized carbons (Fsp3) is 1.00. The molecule has 2 aliphatic rings. The summed E-state index contributed by atoms with van der Waals surface area (Å²) in [5.74, 6) is -2.89. The zero-order valence-corrected chi connectivity index (χ0v) is 16.2. The Labute approximate surface area is 162 Å². The topological polar surface area (TPSA) is 104 Å². The van der Waals surface area contributed by atoms with Crippen LogP contribution in [-0.2, 0) is 0 Å². The van der Waals surface area contributed by atoms with Crippen molar-refractivity contribution in [3.05, 3.63) is 0 Å². The molecule has 0 amide bonds. The lowest BCUT2D eigenvalue weighted by atomic mass is 9.57. The first-order valence-corrected chi connectivity index (χ1v) is 9.96. The fourth-order valence-electron chi connectivity index (χ4n) is 4.69. The largest absolute Gasteiger partial charge is 0.403 e. The minimum Gasteiger partial charge on any atom is -0.330 e. The van der Waals surface area contributed by atoms with E-state index in [0.717, 1.165) is 19.5 Å². The third-order valence-corrected chi connectivity index (χ3v) is 6.18. The molecule has 0 heterocycles.